The van der Waals surface area contributed by atoms with Gasteiger partial charge in [0.1, 0.15) is 5.75 Å². The zero-order valence-electron chi connectivity index (χ0n) is 13.4. The van der Waals surface area contributed by atoms with Gasteiger partial charge in [0.25, 0.3) is 5.89 Å². The molecule has 0 unspecified atom stereocenters. The van der Waals surface area contributed by atoms with Crippen molar-refractivity contribution in [3.8, 4) is 17.2 Å². The molecule has 1 heterocycles. The SMILES string of the molecule is CC(=O)Nc1ccccc1OCc1noc(-c2ccc(C)cc2)n1. The molecule has 1 amide bonds. The van der Waals surface area contributed by atoms with E-state index in [9.17, 15) is 4.79 Å². The first kappa shape index (κ1) is 15.7. The molecular formula is C18H17N3O3. The molecule has 0 spiro atoms. The second-order valence-electron chi connectivity index (χ2n) is 5.35. The lowest BCUT2D eigenvalue weighted by Gasteiger charge is -2.09. The van der Waals surface area contributed by atoms with Crippen LogP contribution < -0.4 is 10.1 Å². The third kappa shape index (κ3) is 3.78. The summed E-state index contributed by atoms with van der Waals surface area (Å²) in [6.45, 7) is 3.61. The predicted molar refractivity (Wildman–Crippen MR) is 89.5 cm³/mol. The van der Waals surface area contributed by atoms with Crippen LogP contribution in [0.1, 0.15) is 18.3 Å². The standard InChI is InChI=1S/C18H17N3O3/c1-12-7-9-14(10-8-12)18-20-17(21-24-18)11-23-16-6-4-3-5-15(16)19-13(2)22/h3-10H,11H2,1-2H3,(H,19,22). The van der Waals surface area contributed by atoms with Crippen LogP contribution in [0.15, 0.2) is 53.1 Å². The fourth-order valence-electron chi connectivity index (χ4n) is 2.15. The van der Waals surface area contributed by atoms with Gasteiger partial charge < -0.3 is 14.6 Å². The highest BCUT2D eigenvalue weighted by Crippen LogP contribution is 2.25. The van der Waals surface area contributed by atoms with Gasteiger partial charge in [-0.3, -0.25) is 4.79 Å². The number of hydrogen-bond acceptors (Lipinski definition) is 5. The number of rotatable bonds is 5. The number of hydrogen-bond donors (Lipinski definition) is 1. The van der Waals surface area contributed by atoms with Crippen LogP contribution >= 0.6 is 0 Å². The first-order valence-electron chi connectivity index (χ1n) is 7.51. The molecule has 0 aliphatic carbocycles. The Morgan fingerprint density at radius 2 is 1.92 bits per heavy atom. The maximum absolute atomic E-state index is 11.2. The molecule has 0 atom stereocenters. The molecule has 0 bridgehead atoms. The number of nitrogens with zero attached hydrogens (tertiary/aromatic N) is 2. The maximum Gasteiger partial charge on any atom is 0.258 e. The molecule has 0 aliphatic rings. The van der Waals surface area contributed by atoms with Crippen molar-refractivity contribution in [3.05, 3.63) is 59.9 Å². The Bertz CT molecular complexity index is 841. The molecule has 3 aromatic rings. The van der Waals surface area contributed by atoms with Gasteiger partial charge in [0.05, 0.1) is 5.69 Å². The molecule has 122 valence electrons. The molecule has 3 rings (SSSR count). The summed E-state index contributed by atoms with van der Waals surface area (Å²) in [6.07, 6.45) is 0. The second-order valence-corrected chi connectivity index (χ2v) is 5.35. The highest BCUT2D eigenvalue weighted by molar-refractivity contribution is 5.90. The van der Waals surface area contributed by atoms with E-state index in [0.717, 1.165) is 11.1 Å². The van der Waals surface area contributed by atoms with E-state index in [-0.39, 0.29) is 12.5 Å². The van der Waals surface area contributed by atoms with Gasteiger partial charge in [-0.2, -0.15) is 4.98 Å². The van der Waals surface area contributed by atoms with Crippen molar-refractivity contribution in [3.63, 3.8) is 0 Å². The summed E-state index contributed by atoms with van der Waals surface area (Å²) >= 11 is 0. The van der Waals surface area contributed by atoms with Crippen LogP contribution in [0, 0.1) is 6.92 Å². The van der Waals surface area contributed by atoms with E-state index in [2.05, 4.69) is 15.5 Å². The predicted octanol–water partition coefficient (Wildman–Crippen LogP) is 3.58. The van der Waals surface area contributed by atoms with Gasteiger partial charge in [-0.15, -0.1) is 0 Å². The minimum absolute atomic E-state index is 0.145. The molecule has 1 aromatic heterocycles. The largest absolute Gasteiger partial charge is 0.483 e. The number of para-hydroxylation sites is 2. The van der Waals surface area contributed by atoms with E-state index in [1.807, 2.05) is 43.3 Å². The van der Waals surface area contributed by atoms with Crippen molar-refractivity contribution >= 4 is 11.6 Å². The van der Waals surface area contributed by atoms with Crippen LogP contribution in [0.5, 0.6) is 5.75 Å². The van der Waals surface area contributed by atoms with Crippen molar-refractivity contribution in [1.82, 2.24) is 10.1 Å². The number of anilines is 1. The number of carbonyl (C=O) groups excluding carboxylic acids is 1. The van der Waals surface area contributed by atoms with Gasteiger partial charge in [-0.1, -0.05) is 35.0 Å². The Morgan fingerprint density at radius 1 is 1.17 bits per heavy atom. The average Bonchev–Trinajstić information content (AvgIpc) is 3.03. The van der Waals surface area contributed by atoms with Crippen molar-refractivity contribution < 1.29 is 14.1 Å². The van der Waals surface area contributed by atoms with Gasteiger partial charge in [0, 0.05) is 12.5 Å². The molecule has 0 fully saturated rings. The lowest BCUT2D eigenvalue weighted by molar-refractivity contribution is -0.114. The normalized spacial score (nSPS) is 10.4. The van der Waals surface area contributed by atoms with Gasteiger partial charge >= 0.3 is 0 Å². The molecule has 0 saturated carbocycles. The molecule has 0 radical (unpaired) electrons. The van der Waals surface area contributed by atoms with Gasteiger partial charge in [0.15, 0.2) is 6.61 Å². The Balaban J connectivity index is 1.70. The van der Waals surface area contributed by atoms with Crippen molar-refractivity contribution in [2.45, 2.75) is 20.5 Å². The van der Waals surface area contributed by atoms with Crippen LogP contribution in [0.2, 0.25) is 0 Å². The lowest BCUT2D eigenvalue weighted by Crippen LogP contribution is -2.08. The van der Waals surface area contributed by atoms with E-state index in [1.165, 1.54) is 6.92 Å². The summed E-state index contributed by atoms with van der Waals surface area (Å²) in [5, 5.41) is 6.64. The van der Waals surface area contributed by atoms with Crippen LogP contribution in [0.3, 0.4) is 0 Å². The zero-order valence-corrected chi connectivity index (χ0v) is 13.4. The van der Waals surface area contributed by atoms with Crippen molar-refractivity contribution in [2.24, 2.45) is 0 Å². The van der Waals surface area contributed by atoms with Crippen LogP contribution in [-0.4, -0.2) is 16.0 Å². The van der Waals surface area contributed by atoms with E-state index in [1.54, 1.807) is 12.1 Å². The van der Waals surface area contributed by atoms with Crippen LogP contribution in [0.4, 0.5) is 5.69 Å². The number of benzene rings is 2. The third-order valence-electron chi connectivity index (χ3n) is 3.32. The number of aryl methyl sites for hydroxylation is 1. The highest BCUT2D eigenvalue weighted by Gasteiger charge is 2.10. The topological polar surface area (TPSA) is 77.2 Å². The van der Waals surface area contributed by atoms with E-state index in [0.29, 0.717) is 23.2 Å². The fraction of sp³-hybridized carbons (Fsp3) is 0.167. The summed E-state index contributed by atoms with van der Waals surface area (Å²) in [5.41, 5.74) is 2.63. The van der Waals surface area contributed by atoms with Crippen LogP contribution in [0.25, 0.3) is 11.5 Å². The summed E-state index contributed by atoms with van der Waals surface area (Å²) in [4.78, 5) is 15.5. The number of ether oxygens (including phenoxy) is 1. The smallest absolute Gasteiger partial charge is 0.258 e. The first-order valence-corrected chi connectivity index (χ1v) is 7.51. The average molecular weight is 323 g/mol. The number of aromatic nitrogens is 2. The van der Waals surface area contributed by atoms with E-state index >= 15 is 0 Å². The van der Waals surface area contributed by atoms with Crippen molar-refractivity contribution in [1.29, 1.82) is 0 Å². The molecule has 6 heteroatoms. The summed E-state index contributed by atoms with van der Waals surface area (Å²) in [5.74, 6) is 1.27. The zero-order chi connectivity index (χ0) is 16.9. The Hall–Kier alpha value is -3.15. The van der Waals surface area contributed by atoms with Crippen LogP contribution in [-0.2, 0) is 11.4 Å². The summed E-state index contributed by atoms with van der Waals surface area (Å²) < 4.78 is 11.0. The summed E-state index contributed by atoms with van der Waals surface area (Å²) in [7, 11) is 0. The second kappa shape index (κ2) is 6.95. The number of carbonyl (C=O) groups is 1. The fourth-order valence-corrected chi connectivity index (χ4v) is 2.15. The molecule has 6 nitrogen and oxygen atoms in total. The van der Waals surface area contributed by atoms with E-state index < -0.39 is 0 Å². The third-order valence-corrected chi connectivity index (χ3v) is 3.32. The monoisotopic (exact) mass is 323 g/mol. The van der Waals surface area contributed by atoms with Gasteiger partial charge in [-0.05, 0) is 31.2 Å². The first-order chi connectivity index (χ1) is 11.6. The molecular weight excluding hydrogens is 306 g/mol. The lowest BCUT2D eigenvalue weighted by atomic mass is 10.1. The Kier molecular flexibility index (Phi) is 4.56. The number of nitrogens with one attached hydrogen (secondary N) is 1. The molecule has 24 heavy (non-hydrogen) atoms. The quantitative estimate of drug-likeness (QED) is 0.776. The number of amides is 1. The van der Waals surface area contributed by atoms with Gasteiger partial charge in [-0.25, -0.2) is 0 Å². The minimum Gasteiger partial charge on any atom is -0.483 e. The Labute approximate surface area is 139 Å². The maximum atomic E-state index is 11.2. The summed E-state index contributed by atoms with van der Waals surface area (Å²) in [6, 6.07) is 15.0. The van der Waals surface area contributed by atoms with Gasteiger partial charge in [0.2, 0.25) is 11.7 Å². The molecule has 2 aromatic carbocycles. The molecule has 0 saturated heterocycles. The van der Waals surface area contributed by atoms with Crippen molar-refractivity contribution in [2.75, 3.05) is 5.32 Å². The highest BCUT2D eigenvalue weighted by atomic mass is 16.5. The molecule has 0 aliphatic heterocycles. The molecule has 1 N–H and O–H groups in total. The minimum atomic E-state index is -0.160. The van der Waals surface area contributed by atoms with E-state index in [4.69, 9.17) is 9.26 Å². The Morgan fingerprint density at radius 3 is 2.67 bits per heavy atom.